The van der Waals surface area contributed by atoms with Crippen LogP contribution >= 0.6 is 11.6 Å². The zero-order valence-electron chi connectivity index (χ0n) is 10.9. The fraction of sp³-hybridized carbons (Fsp3) is 0.200. The number of carbonyl (C=O) groups excluding carboxylic acids is 1. The predicted molar refractivity (Wildman–Crippen MR) is 76.2 cm³/mol. The van der Waals surface area contributed by atoms with Gasteiger partial charge in [0.15, 0.2) is 0 Å². The highest BCUT2D eigenvalue weighted by atomic mass is 35.5. The van der Waals surface area contributed by atoms with Crippen LogP contribution in [0.5, 0.6) is 0 Å². The molecule has 0 spiro atoms. The van der Waals surface area contributed by atoms with Gasteiger partial charge in [0.25, 0.3) is 5.91 Å². The third-order valence-electron chi connectivity index (χ3n) is 2.99. The molecule has 2 aromatic rings. The standard InChI is InChI=1S/C15H15ClN2O/c1-11-5-3-4-6-13(11)10-18(2)15(19)12-7-8-14(16)17-9-12/h3-9H,10H2,1-2H3. The molecule has 4 heteroatoms. The van der Waals surface area contributed by atoms with Gasteiger partial charge in [-0.25, -0.2) is 4.98 Å². The Morgan fingerprint density at radius 2 is 2.00 bits per heavy atom. The van der Waals surface area contributed by atoms with Crippen LogP contribution < -0.4 is 0 Å². The average Bonchev–Trinajstić information content (AvgIpc) is 2.41. The van der Waals surface area contributed by atoms with Crippen LogP contribution in [0.2, 0.25) is 5.15 Å². The van der Waals surface area contributed by atoms with Gasteiger partial charge in [0.05, 0.1) is 5.56 Å². The van der Waals surface area contributed by atoms with E-state index in [0.717, 1.165) is 5.56 Å². The summed E-state index contributed by atoms with van der Waals surface area (Å²) in [6, 6.07) is 11.3. The first kappa shape index (κ1) is 13.6. The van der Waals surface area contributed by atoms with Crippen LogP contribution in [-0.4, -0.2) is 22.8 Å². The molecule has 1 amide bonds. The second kappa shape index (κ2) is 5.85. The number of carbonyl (C=O) groups is 1. The van der Waals surface area contributed by atoms with Gasteiger partial charge in [-0.1, -0.05) is 35.9 Å². The van der Waals surface area contributed by atoms with Gasteiger partial charge < -0.3 is 4.90 Å². The van der Waals surface area contributed by atoms with E-state index in [0.29, 0.717) is 17.3 Å². The second-order valence-electron chi connectivity index (χ2n) is 4.46. The highest BCUT2D eigenvalue weighted by Gasteiger charge is 2.13. The zero-order valence-corrected chi connectivity index (χ0v) is 11.7. The monoisotopic (exact) mass is 274 g/mol. The maximum Gasteiger partial charge on any atom is 0.255 e. The van der Waals surface area contributed by atoms with Crippen molar-refractivity contribution in [1.29, 1.82) is 0 Å². The van der Waals surface area contributed by atoms with Crippen LogP contribution in [0.15, 0.2) is 42.6 Å². The van der Waals surface area contributed by atoms with Gasteiger partial charge in [0.1, 0.15) is 5.15 Å². The van der Waals surface area contributed by atoms with Crippen LogP contribution in [0, 0.1) is 6.92 Å². The van der Waals surface area contributed by atoms with E-state index in [-0.39, 0.29) is 5.91 Å². The fourth-order valence-electron chi connectivity index (χ4n) is 1.84. The van der Waals surface area contributed by atoms with E-state index >= 15 is 0 Å². The third kappa shape index (κ3) is 3.32. The predicted octanol–water partition coefficient (Wildman–Crippen LogP) is 3.32. The number of nitrogens with zero attached hydrogens (tertiary/aromatic N) is 2. The molecule has 0 bridgehead atoms. The summed E-state index contributed by atoms with van der Waals surface area (Å²) < 4.78 is 0. The number of pyridine rings is 1. The maximum atomic E-state index is 12.2. The number of benzene rings is 1. The summed E-state index contributed by atoms with van der Waals surface area (Å²) in [5.41, 5.74) is 2.86. The van der Waals surface area contributed by atoms with Gasteiger partial charge in [0.2, 0.25) is 0 Å². The van der Waals surface area contributed by atoms with E-state index in [9.17, 15) is 4.79 Å². The van der Waals surface area contributed by atoms with E-state index in [4.69, 9.17) is 11.6 Å². The van der Waals surface area contributed by atoms with Crippen molar-refractivity contribution in [1.82, 2.24) is 9.88 Å². The minimum atomic E-state index is -0.0626. The molecule has 0 unspecified atom stereocenters. The lowest BCUT2D eigenvalue weighted by Crippen LogP contribution is -2.26. The molecule has 0 saturated carbocycles. The minimum absolute atomic E-state index is 0.0626. The Kier molecular flexibility index (Phi) is 4.17. The van der Waals surface area contributed by atoms with Crippen LogP contribution in [-0.2, 0) is 6.54 Å². The maximum absolute atomic E-state index is 12.2. The Morgan fingerprint density at radius 3 is 2.63 bits per heavy atom. The highest BCUT2D eigenvalue weighted by Crippen LogP contribution is 2.12. The first-order chi connectivity index (χ1) is 9.08. The molecule has 0 saturated heterocycles. The summed E-state index contributed by atoms with van der Waals surface area (Å²) in [7, 11) is 1.78. The Hall–Kier alpha value is -1.87. The van der Waals surface area contributed by atoms with Crippen LogP contribution in [0.1, 0.15) is 21.5 Å². The Bertz CT molecular complexity index is 581. The third-order valence-corrected chi connectivity index (χ3v) is 3.21. The molecule has 0 aliphatic heterocycles. The lowest BCUT2D eigenvalue weighted by Gasteiger charge is -2.18. The van der Waals surface area contributed by atoms with E-state index in [1.165, 1.54) is 11.8 Å². The van der Waals surface area contributed by atoms with Gasteiger partial charge in [-0.2, -0.15) is 0 Å². The summed E-state index contributed by atoms with van der Waals surface area (Å²) in [6.45, 7) is 2.62. The Morgan fingerprint density at radius 1 is 1.26 bits per heavy atom. The highest BCUT2D eigenvalue weighted by molar-refractivity contribution is 6.29. The lowest BCUT2D eigenvalue weighted by atomic mass is 10.1. The number of halogens is 1. The number of hydrogen-bond acceptors (Lipinski definition) is 2. The molecule has 0 fully saturated rings. The molecule has 0 atom stereocenters. The molecule has 1 heterocycles. The van der Waals surface area contributed by atoms with Gasteiger partial charge in [0, 0.05) is 19.8 Å². The van der Waals surface area contributed by atoms with E-state index in [2.05, 4.69) is 4.98 Å². The molecule has 0 aliphatic rings. The van der Waals surface area contributed by atoms with Crippen molar-refractivity contribution in [3.05, 3.63) is 64.4 Å². The molecule has 0 aliphatic carbocycles. The molecule has 0 radical (unpaired) electrons. The Labute approximate surface area is 117 Å². The first-order valence-corrected chi connectivity index (χ1v) is 6.37. The number of rotatable bonds is 3. The molecular formula is C15H15ClN2O. The molecule has 0 N–H and O–H groups in total. The van der Waals surface area contributed by atoms with Crippen molar-refractivity contribution in [2.75, 3.05) is 7.05 Å². The van der Waals surface area contributed by atoms with Gasteiger partial charge in [-0.05, 0) is 30.2 Å². The van der Waals surface area contributed by atoms with Gasteiger partial charge in [-0.3, -0.25) is 4.79 Å². The fourth-order valence-corrected chi connectivity index (χ4v) is 1.95. The summed E-state index contributed by atoms with van der Waals surface area (Å²) in [6.07, 6.45) is 1.50. The number of aromatic nitrogens is 1. The van der Waals surface area contributed by atoms with Crippen molar-refractivity contribution in [2.24, 2.45) is 0 Å². The quantitative estimate of drug-likeness (QED) is 0.805. The van der Waals surface area contributed by atoms with Crippen molar-refractivity contribution >= 4 is 17.5 Å². The number of hydrogen-bond donors (Lipinski definition) is 0. The molecular weight excluding hydrogens is 260 g/mol. The largest absolute Gasteiger partial charge is 0.337 e. The molecule has 2 rings (SSSR count). The minimum Gasteiger partial charge on any atom is -0.337 e. The molecule has 19 heavy (non-hydrogen) atoms. The Balaban J connectivity index is 2.12. The van der Waals surface area contributed by atoms with Crippen LogP contribution in [0.4, 0.5) is 0 Å². The molecule has 1 aromatic heterocycles. The summed E-state index contributed by atoms with van der Waals surface area (Å²) in [5.74, 6) is -0.0626. The summed E-state index contributed by atoms with van der Waals surface area (Å²) in [4.78, 5) is 17.8. The topological polar surface area (TPSA) is 33.2 Å². The lowest BCUT2D eigenvalue weighted by molar-refractivity contribution is 0.0784. The van der Waals surface area contributed by atoms with Gasteiger partial charge >= 0.3 is 0 Å². The van der Waals surface area contributed by atoms with Crippen molar-refractivity contribution < 1.29 is 4.79 Å². The number of aryl methyl sites for hydroxylation is 1. The van der Waals surface area contributed by atoms with Gasteiger partial charge in [-0.15, -0.1) is 0 Å². The molecule has 3 nitrogen and oxygen atoms in total. The second-order valence-corrected chi connectivity index (χ2v) is 4.84. The zero-order chi connectivity index (χ0) is 13.8. The molecule has 98 valence electrons. The van der Waals surface area contributed by atoms with E-state index in [1.807, 2.05) is 31.2 Å². The SMILES string of the molecule is Cc1ccccc1CN(C)C(=O)c1ccc(Cl)nc1. The van der Waals surface area contributed by atoms with Crippen LogP contribution in [0.25, 0.3) is 0 Å². The van der Waals surface area contributed by atoms with Crippen molar-refractivity contribution in [3.8, 4) is 0 Å². The van der Waals surface area contributed by atoms with E-state index < -0.39 is 0 Å². The summed E-state index contributed by atoms with van der Waals surface area (Å²) in [5, 5.41) is 0.387. The van der Waals surface area contributed by atoms with Crippen molar-refractivity contribution in [3.63, 3.8) is 0 Å². The van der Waals surface area contributed by atoms with E-state index in [1.54, 1.807) is 24.1 Å². The molecule has 1 aromatic carbocycles. The number of amides is 1. The smallest absolute Gasteiger partial charge is 0.255 e. The first-order valence-electron chi connectivity index (χ1n) is 5.99. The average molecular weight is 275 g/mol. The van der Waals surface area contributed by atoms with Crippen LogP contribution in [0.3, 0.4) is 0 Å². The summed E-state index contributed by atoms with van der Waals surface area (Å²) >= 11 is 5.71. The normalized spacial score (nSPS) is 10.3. The van der Waals surface area contributed by atoms with Crippen molar-refractivity contribution in [2.45, 2.75) is 13.5 Å².